The largest absolute Gasteiger partial charge is 0.496 e. The Hall–Kier alpha value is -2.57. The van der Waals surface area contributed by atoms with Crippen LogP contribution in [0.2, 0.25) is 0 Å². The average Bonchev–Trinajstić information content (AvgIpc) is 3.02. The second-order valence-corrected chi connectivity index (χ2v) is 6.62. The zero-order chi connectivity index (χ0) is 18.1. The number of rotatable bonds is 4. The van der Waals surface area contributed by atoms with Crippen LogP contribution in [0.4, 0.5) is 0 Å². The standard InChI is InChI=1S/C18H23N3O4/c1-11(22)20(2)13-4-6-14(7-5-13)21-10-12-8-15(18(23)24)17(25-3)9-16(12)19-21/h8-10,13-14H,4-7H2,1-3H3,(H,23,24). The number of methoxy groups -OCH3 is 1. The Labute approximate surface area is 146 Å². The number of carboxylic acids is 1. The number of aromatic nitrogens is 2. The van der Waals surface area contributed by atoms with Gasteiger partial charge in [-0.05, 0) is 31.7 Å². The van der Waals surface area contributed by atoms with Crippen LogP contribution in [0.5, 0.6) is 5.75 Å². The summed E-state index contributed by atoms with van der Waals surface area (Å²) >= 11 is 0. The summed E-state index contributed by atoms with van der Waals surface area (Å²) in [6.07, 6.45) is 5.68. The van der Waals surface area contributed by atoms with Gasteiger partial charge in [-0.2, -0.15) is 5.10 Å². The minimum Gasteiger partial charge on any atom is -0.496 e. The molecule has 1 fully saturated rings. The molecule has 1 aromatic heterocycles. The maximum Gasteiger partial charge on any atom is 0.339 e. The van der Waals surface area contributed by atoms with Crippen LogP contribution in [0.1, 0.15) is 49.0 Å². The third-order valence-corrected chi connectivity index (χ3v) is 5.16. The molecular weight excluding hydrogens is 322 g/mol. The summed E-state index contributed by atoms with van der Waals surface area (Å²) < 4.78 is 7.10. The van der Waals surface area contributed by atoms with Crippen LogP contribution in [0.3, 0.4) is 0 Å². The number of carbonyl (C=O) groups excluding carboxylic acids is 1. The van der Waals surface area contributed by atoms with Crippen molar-refractivity contribution in [3.63, 3.8) is 0 Å². The summed E-state index contributed by atoms with van der Waals surface area (Å²) in [4.78, 5) is 24.7. The molecule has 1 aromatic carbocycles. The fourth-order valence-corrected chi connectivity index (χ4v) is 3.56. The second kappa shape index (κ2) is 6.74. The molecule has 1 heterocycles. The van der Waals surface area contributed by atoms with Gasteiger partial charge in [-0.15, -0.1) is 0 Å². The highest BCUT2D eigenvalue weighted by molar-refractivity contribution is 5.96. The fraction of sp³-hybridized carbons (Fsp3) is 0.500. The van der Waals surface area contributed by atoms with Crippen molar-refractivity contribution in [3.05, 3.63) is 23.9 Å². The molecule has 134 valence electrons. The van der Waals surface area contributed by atoms with Crippen molar-refractivity contribution in [3.8, 4) is 5.75 Å². The first-order chi connectivity index (χ1) is 11.9. The van der Waals surface area contributed by atoms with E-state index < -0.39 is 5.97 Å². The lowest BCUT2D eigenvalue weighted by atomic mass is 9.90. The van der Waals surface area contributed by atoms with Gasteiger partial charge < -0.3 is 14.7 Å². The normalized spacial score (nSPS) is 20.4. The van der Waals surface area contributed by atoms with Crippen LogP contribution in [-0.4, -0.2) is 51.9 Å². The van der Waals surface area contributed by atoms with Gasteiger partial charge in [0.25, 0.3) is 0 Å². The van der Waals surface area contributed by atoms with Crippen molar-refractivity contribution in [2.45, 2.75) is 44.7 Å². The van der Waals surface area contributed by atoms with E-state index in [0.29, 0.717) is 5.75 Å². The van der Waals surface area contributed by atoms with Gasteiger partial charge in [0, 0.05) is 37.7 Å². The molecule has 25 heavy (non-hydrogen) atoms. The molecule has 3 rings (SSSR count). The predicted molar refractivity (Wildman–Crippen MR) is 93.0 cm³/mol. The summed E-state index contributed by atoms with van der Waals surface area (Å²) in [5.74, 6) is -0.599. The van der Waals surface area contributed by atoms with Crippen LogP contribution >= 0.6 is 0 Å². The molecule has 0 saturated heterocycles. The molecule has 1 aliphatic rings. The van der Waals surface area contributed by atoms with Crippen molar-refractivity contribution in [2.75, 3.05) is 14.2 Å². The Morgan fingerprint density at radius 1 is 1.28 bits per heavy atom. The number of fused-ring (bicyclic) bond motifs is 1. The first kappa shape index (κ1) is 17.3. The molecule has 1 aliphatic carbocycles. The van der Waals surface area contributed by atoms with Crippen LogP contribution in [0.15, 0.2) is 18.3 Å². The molecule has 0 radical (unpaired) electrons. The van der Waals surface area contributed by atoms with E-state index in [9.17, 15) is 14.7 Å². The lowest BCUT2D eigenvalue weighted by molar-refractivity contribution is -0.130. The van der Waals surface area contributed by atoms with Gasteiger partial charge in [0.2, 0.25) is 5.91 Å². The highest BCUT2D eigenvalue weighted by Gasteiger charge is 2.27. The zero-order valence-corrected chi connectivity index (χ0v) is 14.7. The smallest absolute Gasteiger partial charge is 0.339 e. The Bertz CT molecular complexity index is 806. The maximum absolute atomic E-state index is 11.5. The van der Waals surface area contributed by atoms with Crippen molar-refractivity contribution in [1.82, 2.24) is 14.7 Å². The van der Waals surface area contributed by atoms with Crippen molar-refractivity contribution < 1.29 is 19.4 Å². The Morgan fingerprint density at radius 3 is 2.52 bits per heavy atom. The number of hydrogen-bond donors (Lipinski definition) is 1. The first-order valence-corrected chi connectivity index (χ1v) is 8.44. The van der Waals surface area contributed by atoms with E-state index in [-0.39, 0.29) is 23.6 Å². The summed E-state index contributed by atoms with van der Waals surface area (Å²) in [6, 6.07) is 3.83. The molecule has 7 nitrogen and oxygen atoms in total. The van der Waals surface area contributed by atoms with Crippen LogP contribution < -0.4 is 4.74 Å². The number of aromatic carboxylic acids is 1. The SMILES string of the molecule is COc1cc2nn(C3CCC(N(C)C(C)=O)CC3)cc2cc1C(=O)O. The van der Waals surface area contributed by atoms with E-state index in [4.69, 9.17) is 4.74 Å². The Morgan fingerprint density at radius 2 is 1.96 bits per heavy atom. The molecule has 1 amide bonds. The number of ether oxygens (including phenoxy) is 1. The van der Waals surface area contributed by atoms with Gasteiger partial charge in [0.15, 0.2) is 0 Å². The molecule has 2 aromatic rings. The van der Waals surface area contributed by atoms with Crippen LogP contribution in [0.25, 0.3) is 10.9 Å². The molecule has 0 bridgehead atoms. The second-order valence-electron chi connectivity index (χ2n) is 6.62. The van der Waals surface area contributed by atoms with E-state index in [0.717, 1.165) is 36.6 Å². The summed E-state index contributed by atoms with van der Waals surface area (Å²) in [7, 11) is 3.31. The summed E-state index contributed by atoms with van der Waals surface area (Å²) in [5.41, 5.74) is 0.867. The number of hydrogen-bond acceptors (Lipinski definition) is 4. The quantitative estimate of drug-likeness (QED) is 0.921. The first-order valence-electron chi connectivity index (χ1n) is 8.44. The third-order valence-electron chi connectivity index (χ3n) is 5.16. The van der Waals surface area contributed by atoms with Gasteiger partial charge >= 0.3 is 5.97 Å². The summed E-state index contributed by atoms with van der Waals surface area (Å²) in [5, 5.41) is 14.7. The average molecular weight is 345 g/mol. The van der Waals surface area contributed by atoms with Gasteiger partial charge in [-0.25, -0.2) is 4.79 Å². The van der Waals surface area contributed by atoms with E-state index in [1.54, 1.807) is 19.1 Å². The lowest BCUT2D eigenvalue weighted by Crippen LogP contribution is -2.38. The zero-order valence-electron chi connectivity index (χ0n) is 14.7. The Balaban J connectivity index is 1.81. The third kappa shape index (κ3) is 3.31. The van der Waals surface area contributed by atoms with Crippen molar-refractivity contribution in [2.24, 2.45) is 0 Å². The number of benzene rings is 1. The summed E-state index contributed by atoms with van der Waals surface area (Å²) in [6.45, 7) is 1.60. The predicted octanol–water partition coefficient (Wildman–Crippen LogP) is 2.71. The molecule has 0 atom stereocenters. The molecule has 7 heteroatoms. The Kier molecular flexibility index (Phi) is 4.65. The number of nitrogens with zero attached hydrogens (tertiary/aromatic N) is 3. The van der Waals surface area contributed by atoms with E-state index in [2.05, 4.69) is 5.10 Å². The number of carbonyl (C=O) groups is 2. The van der Waals surface area contributed by atoms with Gasteiger partial charge in [0.05, 0.1) is 18.7 Å². The molecule has 1 saturated carbocycles. The van der Waals surface area contributed by atoms with Crippen molar-refractivity contribution in [1.29, 1.82) is 0 Å². The molecule has 1 N–H and O–H groups in total. The van der Waals surface area contributed by atoms with Gasteiger partial charge in [-0.1, -0.05) is 0 Å². The topological polar surface area (TPSA) is 84.7 Å². The van der Waals surface area contributed by atoms with Gasteiger partial charge in [-0.3, -0.25) is 9.48 Å². The van der Waals surface area contributed by atoms with Gasteiger partial charge in [0.1, 0.15) is 11.3 Å². The minimum atomic E-state index is -1.01. The molecule has 0 spiro atoms. The highest BCUT2D eigenvalue weighted by Crippen LogP contribution is 2.32. The number of carboxylic acid groups (broad SMARTS) is 1. The highest BCUT2D eigenvalue weighted by atomic mass is 16.5. The fourth-order valence-electron chi connectivity index (χ4n) is 3.56. The van der Waals surface area contributed by atoms with E-state index in [1.807, 2.05) is 22.8 Å². The molecule has 0 aliphatic heterocycles. The molecular formula is C18H23N3O4. The minimum absolute atomic E-state index is 0.0987. The monoisotopic (exact) mass is 345 g/mol. The van der Waals surface area contributed by atoms with Crippen LogP contribution in [0, 0.1) is 0 Å². The van der Waals surface area contributed by atoms with Crippen LogP contribution in [-0.2, 0) is 4.79 Å². The number of amides is 1. The van der Waals surface area contributed by atoms with E-state index >= 15 is 0 Å². The molecule has 0 unspecified atom stereocenters. The maximum atomic E-state index is 11.5. The van der Waals surface area contributed by atoms with E-state index in [1.165, 1.54) is 7.11 Å². The van der Waals surface area contributed by atoms with Crippen molar-refractivity contribution >= 4 is 22.8 Å². The lowest BCUT2D eigenvalue weighted by Gasteiger charge is -2.34.